The first kappa shape index (κ1) is 15.7. The summed E-state index contributed by atoms with van der Waals surface area (Å²) in [4.78, 5) is 6.51. The first-order chi connectivity index (χ1) is 12.8. The van der Waals surface area contributed by atoms with Crippen LogP contribution in [0.1, 0.15) is 30.6 Å². The Morgan fingerprint density at radius 2 is 2.04 bits per heavy atom. The molecule has 5 aliphatic rings. The zero-order valence-electron chi connectivity index (χ0n) is 15.2. The number of para-hydroxylation sites is 1. The maximum Gasteiger partial charge on any atom is 0.162 e. The molecular formula is C21H25BN2O2. The largest absolute Gasteiger partial charge is 0.357 e. The van der Waals surface area contributed by atoms with Gasteiger partial charge in [0.2, 0.25) is 0 Å². The van der Waals surface area contributed by atoms with Crippen LogP contribution in [0.5, 0.6) is 0 Å². The second-order valence-electron chi connectivity index (χ2n) is 8.52. The van der Waals surface area contributed by atoms with Crippen LogP contribution < -0.4 is 0 Å². The topological polar surface area (TPSA) is 37.5 Å². The van der Waals surface area contributed by atoms with Gasteiger partial charge in [-0.25, -0.2) is 0 Å². The molecule has 5 aliphatic heterocycles. The lowest BCUT2D eigenvalue weighted by Crippen LogP contribution is -2.68. The highest BCUT2D eigenvalue weighted by molar-refractivity contribution is 6.08. The molecule has 7 rings (SSSR count). The number of H-pyrrole nitrogens is 1. The number of fused-ring (bicyclic) bond motifs is 4. The van der Waals surface area contributed by atoms with Crippen LogP contribution in [-0.4, -0.2) is 49.3 Å². The van der Waals surface area contributed by atoms with Crippen LogP contribution >= 0.6 is 0 Å². The van der Waals surface area contributed by atoms with Gasteiger partial charge in [-0.05, 0) is 43.2 Å². The number of rotatable bonds is 2. The van der Waals surface area contributed by atoms with Crippen molar-refractivity contribution >= 4 is 18.7 Å². The van der Waals surface area contributed by atoms with E-state index in [0.29, 0.717) is 35.9 Å². The summed E-state index contributed by atoms with van der Waals surface area (Å²) in [6.07, 6.45) is 2.95. The molecule has 4 bridgehead atoms. The van der Waals surface area contributed by atoms with Crippen molar-refractivity contribution in [3.8, 4) is 0 Å². The highest BCUT2D eigenvalue weighted by atomic mass is 16.7. The molecule has 0 aliphatic carbocycles. The Morgan fingerprint density at radius 3 is 2.85 bits per heavy atom. The zero-order chi connectivity index (χ0) is 17.4. The minimum absolute atomic E-state index is 0.0539. The molecule has 1 N–H and O–H groups in total. The van der Waals surface area contributed by atoms with Crippen LogP contribution in [0.3, 0.4) is 0 Å². The number of nitrogens with one attached hydrogen (secondary N) is 1. The summed E-state index contributed by atoms with van der Waals surface area (Å²) >= 11 is 0. The number of aromatic nitrogens is 1. The van der Waals surface area contributed by atoms with Crippen LogP contribution in [0.2, 0.25) is 6.32 Å². The molecule has 0 saturated carbocycles. The Hall–Kier alpha value is -1.30. The van der Waals surface area contributed by atoms with E-state index in [0.717, 1.165) is 32.4 Å². The molecule has 5 heteroatoms. The fourth-order valence-electron chi connectivity index (χ4n) is 6.67. The monoisotopic (exact) mass is 348 g/mol. The molecule has 1 unspecified atom stereocenters. The van der Waals surface area contributed by atoms with Gasteiger partial charge in [0.05, 0.1) is 27.1 Å². The summed E-state index contributed by atoms with van der Waals surface area (Å²) < 4.78 is 12.0. The van der Waals surface area contributed by atoms with E-state index in [4.69, 9.17) is 17.3 Å². The lowest BCUT2D eigenvalue weighted by molar-refractivity contribution is -0.205. The van der Waals surface area contributed by atoms with E-state index in [2.05, 4.69) is 41.1 Å². The van der Waals surface area contributed by atoms with Crippen molar-refractivity contribution in [3.05, 3.63) is 35.5 Å². The van der Waals surface area contributed by atoms with Gasteiger partial charge in [0, 0.05) is 34.6 Å². The van der Waals surface area contributed by atoms with Crippen molar-refractivity contribution in [1.82, 2.24) is 9.88 Å². The summed E-state index contributed by atoms with van der Waals surface area (Å²) in [5, 5.41) is 1.39. The molecular weight excluding hydrogens is 323 g/mol. The summed E-state index contributed by atoms with van der Waals surface area (Å²) in [5.74, 6) is 1.55. The Labute approximate surface area is 155 Å². The van der Waals surface area contributed by atoms with Crippen LogP contribution in [0.15, 0.2) is 24.3 Å². The molecule has 7 atom stereocenters. The van der Waals surface area contributed by atoms with Crippen molar-refractivity contribution in [3.63, 3.8) is 0 Å². The molecule has 1 aromatic carbocycles. The van der Waals surface area contributed by atoms with E-state index in [9.17, 15) is 0 Å². The summed E-state index contributed by atoms with van der Waals surface area (Å²) in [6, 6.07) is 10.2. The third kappa shape index (κ3) is 1.92. The van der Waals surface area contributed by atoms with Gasteiger partial charge < -0.3 is 14.5 Å². The van der Waals surface area contributed by atoms with Gasteiger partial charge in [-0.1, -0.05) is 24.5 Å². The fraction of sp³-hybridized carbons (Fsp3) is 0.619. The molecule has 1 aromatic heterocycles. The first-order valence-corrected chi connectivity index (χ1v) is 10.1. The van der Waals surface area contributed by atoms with Gasteiger partial charge in [0.25, 0.3) is 0 Å². The van der Waals surface area contributed by atoms with Gasteiger partial charge >= 0.3 is 0 Å². The predicted octanol–water partition coefficient (Wildman–Crippen LogP) is 3.05. The van der Waals surface area contributed by atoms with E-state index in [-0.39, 0.29) is 6.29 Å². The number of benzene rings is 1. The molecule has 0 spiro atoms. The molecule has 26 heavy (non-hydrogen) atoms. The van der Waals surface area contributed by atoms with Gasteiger partial charge in [-0.3, -0.25) is 4.90 Å². The molecule has 4 nitrogen and oxygen atoms in total. The maximum absolute atomic E-state index is 6.23. The average molecular weight is 348 g/mol. The summed E-state index contributed by atoms with van der Waals surface area (Å²) in [5.41, 5.74) is 4.24. The number of hydrogen-bond acceptors (Lipinski definition) is 3. The smallest absolute Gasteiger partial charge is 0.162 e. The molecule has 2 radical (unpaired) electrons. The Bertz CT molecular complexity index is 846. The molecule has 4 fully saturated rings. The quantitative estimate of drug-likeness (QED) is 0.848. The van der Waals surface area contributed by atoms with Crippen LogP contribution in [-0.2, 0) is 15.9 Å². The van der Waals surface area contributed by atoms with E-state index in [1.165, 1.54) is 22.2 Å². The third-order valence-corrected chi connectivity index (χ3v) is 7.64. The van der Waals surface area contributed by atoms with Crippen LogP contribution in [0.25, 0.3) is 10.9 Å². The lowest BCUT2D eigenvalue weighted by Gasteiger charge is -2.64. The van der Waals surface area contributed by atoms with Crippen molar-refractivity contribution in [1.29, 1.82) is 0 Å². The second-order valence-corrected chi connectivity index (χ2v) is 8.52. The minimum atomic E-state index is -0.0539. The van der Waals surface area contributed by atoms with Gasteiger partial charge in [-0.15, -0.1) is 0 Å². The lowest BCUT2D eigenvalue weighted by atomic mass is 9.57. The Kier molecular flexibility index (Phi) is 3.39. The predicted molar refractivity (Wildman–Crippen MR) is 101 cm³/mol. The second kappa shape index (κ2) is 5.60. The number of nitrogens with zero attached hydrogens (tertiary/aromatic N) is 1. The number of hydrogen-bond donors (Lipinski definition) is 1. The van der Waals surface area contributed by atoms with E-state index in [1.807, 2.05) is 0 Å². The Morgan fingerprint density at radius 1 is 1.23 bits per heavy atom. The molecule has 4 saturated heterocycles. The molecule has 134 valence electrons. The van der Waals surface area contributed by atoms with Crippen molar-refractivity contribution in [2.75, 3.05) is 13.2 Å². The van der Waals surface area contributed by atoms with Gasteiger partial charge in [0.1, 0.15) is 0 Å². The highest BCUT2D eigenvalue weighted by Gasteiger charge is 2.59. The zero-order valence-corrected chi connectivity index (χ0v) is 15.2. The number of piperidine rings is 3. The Balaban J connectivity index is 1.50. The normalized spacial score (nSPS) is 41.7. The standard InChI is InChI=1S/C21H25BN2O2/c1-11-15(10-22)13-8-18-20-14(12-4-2-3-5-16(12)23-20)9-17(24(11)18)19(13)21-25-6-7-26-21/h2-5,11,13,15,17-19,21,23H,6-10H2,1H3/t11-,13-,15+,17-,18-,19+/m0/s1. The number of ether oxygens (including phenoxy) is 2. The summed E-state index contributed by atoms with van der Waals surface area (Å²) in [6.45, 7) is 3.83. The minimum Gasteiger partial charge on any atom is -0.357 e. The number of aromatic amines is 1. The SMILES string of the molecule is [B]C[C@H]1[C@@H]2C[C@H]3c4[nH]c5ccccc5c4C[C@@H]([C@@H]2C2OCCO2)N3[C@H]1C. The summed E-state index contributed by atoms with van der Waals surface area (Å²) in [7, 11) is 6.23. The fourth-order valence-corrected chi connectivity index (χ4v) is 6.67. The first-order valence-electron chi connectivity index (χ1n) is 10.1. The van der Waals surface area contributed by atoms with E-state index >= 15 is 0 Å². The molecule has 6 heterocycles. The van der Waals surface area contributed by atoms with Crippen LogP contribution in [0.4, 0.5) is 0 Å². The van der Waals surface area contributed by atoms with Crippen molar-refractivity contribution in [2.24, 2.45) is 17.8 Å². The highest BCUT2D eigenvalue weighted by Crippen LogP contribution is 2.58. The van der Waals surface area contributed by atoms with E-state index < -0.39 is 0 Å². The average Bonchev–Trinajstić information content (AvgIpc) is 3.30. The molecule has 0 amide bonds. The van der Waals surface area contributed by atoms with Crippen molar-refractivity contribution < 1.29 is 9.47 Å². The van der Waals surface area contributed by atoms with Gasteiger partial charge in [-0.2, -0.15) is 0 Å². The maximum atomic E-state index is 6.23. The van der Waals surface area contributed by atoms with E-state index in [1.54, 1.807) is 0 Å². The molecule has 2 aromatic rings. The third-order valence-electron chi connectivity index (χ3n) is 7.64. The van der Waals surface area contributed by atoms with Crippen molar-refractivity contribution in [2.45, 2.75) is 50.5 Å². The van der Waals surface area contributed by atoms with Gasteiger partial charge in [0.15, 0.2) is 6.29 Å². The van der Waals surface area contributed by atoms with Crippen LogP contribution in [0, 0.1) is 17.8 Å².